The van der Waals surface area contributed by atoms with Crippen molar-refractivity contribution in [3.63, 3.8) is 0 Å². The van der Waals surface area contributed by atoms with E-state index in [2.05, 4.69) is 5.32 Å². The number of fused-ring (bicyclic) bond motifs is 1. The molecule has 0 saturated heterocycles. The number of aromatic hydroxyl groups is 2. The highest BCUT2D eigenvalue weighted by Crippen LogP contribution is 2.21. The molecule has 0 aliphatic carbocycles. The van der Waals surface area contributed by atoms with Gasteiger partial charge in [0.05, 0.1) is 0 Å². The minimum atomic E-state index is -0.473. The lowest BCUT2D eigenvalue weighted by molar-refractivity contribution is -0.117. The molecule has 0 aliphatic rings. The third-order valence-electron chi connectivity index (χ3n) is 4.16. The summed E-state index contributed by atoms with van der Waals surface area (Å²) in [5.41, 5.74) is 1.47. The second-order valence-electron chi connectivity index (χ2n) is 6.15. The molecule has 3 aromatic rings. The maximum atomic E-state index is 12.3. The van der Waals surface area contributed by atoms with Gasteiger partial charge >= 0.3 is 0 Å². The molecule has 0 radical (unpaired) electrons. The number of phenolic OH excluding ortho intramolecular Hbond substituents is 2. The fourth-order valence-corrected chi connectivity index (χ4v) is 2.85. The molecule has 1 amide bonds. The van der Waals surface area contributed by atoms with Gasteiger partial charge in [-0.3, -0.25) is 4.79 Å². The number of amides is 1. The molecule has 0 fully saturated rings. The molecule has 0 saturated carbocycles. The molecule has 28 heavy (non-hydrogen) atoms. The predicted molar refractivity (Wildman–Crippen MR) is 108 cm³/mol. The summed E-state index contributed by atoms with van der Waals surface area (Å²) in [5, 5.41) is 33.1. The number of benzene rings is 3. The van der Waals surface area contributed by atoms with Crippen LogP contribution in [0.5, 0.6) is 11.5 Å². The first kappa shape index (κ1) is 18.7. The van der Waals surface area contributed by atoms with Crippen molar-refractivity contribution in [2.45, 2.75) is 6.54 Å². The van der Waals surface area contributed by atoms with E-state index in [0.29, 0.717) is 12.1 Å². The average molecular weight is 370 g/mol. The van der Waals surface area contributed by atoms with Gasteiger partial charge in [-0.15, -0.1) is 0 Å². The third kappa shape index (κ3) is 4.57. The minimum Gasteiger partial charge on any atom is -0.508 e. The van der Waals surface area contributed by atoms with Crippen molar-refractivity contribution in [2.24, 2.45) is 0 Å². The minimum absolute atomic E-state index is 0.0409. The largest absolute Gasteiger partial charge is 0.508 e. The van der Waals surface area contributed by atoms with Gasteiger partial charge in [0.15, 0.2) is 0 Å². The summed E-state index contributed by atoms with van der Waals surface area (Å²) in [5.74, 6) is -0.618. The molecule has 0 aliphatic heterocycles. The van der Waals surface area contributed by atoms with Crippen molar-refractivity contribution in [3.05, 3.63) is 89.5 Å². The van der Waals surface area contributed by atoms with Crippen LogP contribution in [0.3, 0.4) is 0 Å². The smallest absolute Gasteiger partial charge is 0.262 e. The van der Waals surface area contributed by atoms with E-state index in [-0.39, 0.29) is 17.1 Å². The van der Waals surface area contributed by atoms with Crippen LogP contribution >= 0.6 is 0 Å². The molecule has 0 spiro atoms. The molecule has 5 nitrogen and oxygen atoms in total. The standard InChI is InChI=1S/C23H18N2O3/c24-14-18(8-3-5-16-11-20(26)13-21(27)12-16)23(28)25-15-19-9-4-7-17-6-1-2-10-22(17)19/h1-13,26-27H,15H2,(H,25,28). The molecule has 0 heterocycles. The van der Waals surface area contributed by atoms with E-state index < -0.39 is 5.91 Å². The van der Waals surface area contributed by atoms with Gasteiger partial charge in [0.2, 0.25) is 0 Å². The maximum absolute atomic E-state index is 12.3. The quantitative estimate of drug-likeness (QED) is 0.359. The SMILES string of the molecule is N#CC(=CC=Cc1cc(O)cc(O)c1)C(=O)NCc1cccc2ccccc12. The van der Waals surface area contributed by atoms with Gasteiger partial charge in [-0.05, 0) is 40.1 Å². The summed E-state index contributed by atoms with van der Waals surface area (Å²) in [6.07, 6.45) is 4.48. The number of nitrogens with one attached hydrogen (secondary N) is 1. The van der Waals surface area contributed by atoms with Crippen LogP contribution in [0.1, 0.15) is 11.1 Å². The third-order valence-corrected chi connectivity index (χ3v) is 4.16. The molecule has 0 unspecified atom stereocenters. The Labute approximate surface area is 162 Å². The van der Waals surface area contributed by atoms with E-state index in [1.165, 1.54) is 30.4 Å². The number of allylic oxidation sites excluding steroid dienone is 2. The Hall–Kier alpha value is -4.04. The zero-order valence-corrected chi connectivity index (χ0v) is 15.0. The highest BCUT2D eigenvalue weighted by molar-refractivity contribution is 5.98. The van der Waals surface area contributed by atoms with Crippen LogP contribution in [0.15, 0.2) is 78.4 Å². The molecule has 138 valence electrons. The first-order valence-electron chi connectivity index (χ1n) is 8.63. The second kappa shape index (κ2) is 8.56. The summed E-state index contributed by atoms with van der Waals surface area (Å²) < 4.78 is 0. The zero-order chi connectivity index (χ0) is 19.9. The number of nitrogens with zero attached hydrogens (tertiary/aromatic N) is 1. The van der Waals surface area contributed by atoms with Crippen LogP contribution < -0.4 is 5.32 Å². The lowest BCUT2D eigenvalue weighted by Crippen LogP contribution is -2.24. The van der Waals surface area contributed by atoms with Crippen LogP contribution in [0.25, 0.3) is 16.8 Å². The Balaban J connectivity index is 1.70. The van der Waals surface area contributed by atoms with Gasteiger partial charge in [-0.1, -0.05) is 54.6 Å². The Bertz CT molecular complexity index is 1100. The normalized spacial score (nSPS) is 11.5. The van der Waals surface area contributed by atoms with Crippen molar-refractivity contribution < 1.29 is 15.0 Å². The highest BCUT2D eigenvalue weighted by Gasteiger charge is 2.08. The number of hydrogen-bond donors (Lipinski definition) is 3. The van der Waals surface area contributed by atoms with E-state index in [1.54, 1.807) is 6.08 Å². The number of carbonyl (C=O) groups excluding carboxylic acids is 1. The van der Waals surface area contributed by atoms with E-state index in [4.69, 9.17) is 0 Å². The van der Waals surface area contributed by atoms with Crippen LogP contribution in [0, 0.1) is 11.3 Å². The van der Waals surface area contributed by atoms with E-state index in [1.807, 2.05) is 48.5 Å². The van der Waals surface area contributed by atoms with Gasteiger partial charge in [-0.2, -0.15) is 5.26 Å². The number of hydrogen-bond acceptors (Lipinski definition) is 4. The number of carbonyl (C=O) groups is 1. The number of nitriles is 1. The molecule has 0 atom stereocenters. The van der Waals surface area contributed by atoms with Crippen molar-refractivity contribution in [1.29, 1.82) is 5.26 Å². The number of phenols is 2. The lowest BCUT2D eigenvalue weighted by atomic mass is 10.0. The van der Waals surface area contributed by atoms with E-state index in [9.17, 15) is 20.3 Å². The monoisotopic (exact) mass is 370 g/mol. The van der Waals surface area contributed by atoms with Crippen molar-refractivity contribution in [1.82, 2.24) is 5.32 Å². The first-order chi connectivity index (χ1) is 13.6. The summed E-state index contributed by atoms with van der Waals surface area (Å²) >= 11 is 0. The van der Waals surface area contributed by atoms with E-state index >= 15 is 0 Å². The fraction of sp³-hybridized carbons (Fsp3) is 0.0435. The summed E-state index contributed by atoms with van der Waals surface area (Å²) in [6, 6.07) is 19.8. The van der Waals surface area contributed by atoms with Gasteiger partial charge in [-0.25, -0.2) is 0 Å². The van der Waals surface area contributed by atoms with E-state index in [0.717, 1.165) is 16.3 Å². The van der Waals surface area contributed by atoms with Gasteiger partial charge in [0.25, 0.3) is 5.91 Å². The summed E-state index contributed by atoms with van der Waals surface area (Å²) in [6.45, 7) is 0.309. The van der Waals surface area contributed by atoms with Crippen LogP contribution in [-0.4, -0.2) is 16.1 Å². The average Bonchev–Trinajstić information content (AvgIpc) is 2.68. The molecule has 0 aromatic heterocycles. The van der Waals surface area contributed by atoms with Crippen molar-refractivity contribution >= 4 is 22.8 Å². The Morgan fingerprint density at radius 1 is 1.04 bits per heavy atom. The summed E-state index contributed by atoms with van der Waals surface area (Å²) in [4.78, 5) is 12.3. The fourth-order valence-electron chi connectivity index (χ4n) is 2.85. The highest BCUT2D eigenvalue weighted by atomic mass is 16.3. The van der Waals surface area contributed by atoms with Gasteiger partial charge in [0.1, 0.15) is 23.1 Å². The maximum Gasteiger partial charge on any atom is 0.262 e. The zero-order valence-electron chi connectivity index (χ0n) is 15.0. The Morgan fingerprint density at radius 2 is 1.75 bits per heavy atom. The summed E-state index contributed by atoms with van der Waals surface area (Å²) in [7, 11) is 0. The molecule has 3 N–H and O–H groups in total. The van der Waals surface area contributed by atoms with Crippen LogP contribution in [0.4, 0.5) is 0 Å². The molecule has 5 heteroatoms. The second-order valence-corrected chi connectivity index (χ2v) is 6.15. The predicted octanol–water partition coefficient (Wildman–Crippen LogP) is 4.03. The number of rotatable bonds is 5. The topological polar surface area (TPSA) is 93.3 Å². The molecule has 3 aromatic carbocycles. The Kier molecular flexibility index (Phi) is 5.73. The van der Waals surface area contributed by atoms with Crippen LogP contribution in [-0.2, 0) is 11.3 Å². The molecule has 3 rings (SSSR count). The van der Waals surface area contributed by atoms with Crippen molar-refractivity contribution in [2.75, 3.05) is 0 Å². The van der Waals surface area contributed by atoms with Crippen molar-refractivity contribution in [3.8, 4) is 17.6 Å². The Morgan fingerprint density at radius 3 is 2.50 bits per heavy atom. The molecular formula is C23H18N2O3. The molecule has 0 bridgehead atoms. The lowest BCUT2D eigenvalue weighted by Gasteiger charge is -2.08. The molecular weight excluding hydrogens is 352 g/mol. The van der Waals surface area contributed by atoms with Gasteiger partial charge in [0, 0.05) is 12.6 Å². The van der Waals surface area contributed by atoms with Crippen LogP contribution in [0.2, 0.25) is 0 Å². The first-order valence-corrected chi connectivity index (χ1v) is 8.63. The van der Waals surface area contributed by atoms with Gasteiger partial charge < -0.3 is 15.5 Å².